The number of nitrogens with one attached hydrogen (secondary N) is 1. The third-order valence-electron chi connectivity index (χ3n) is 2.31. The van der Waals surface area contributed by atoms with E-state index in [1.54, 1.807) is 11.8 Å². The van der Waals surface area contributed by atoms with E-state index in [9.17, 15) is 9.59 Å². The Hall–Kier alpha value is -0.271. The van der Waals surface area contributed by atoms with Gasteiger partial charge in [-0.15, -0.1) is 0 Å². The van der Waals surface area contributed by atoms with Crippen LogP contribution in [-0.4, -0.2) is 52.8 Å². The maximum absolute atomic E-state index is 10.1. The monoisotopic (exact) mass is 328 g/mol. The first kappa shape index (κ1) is 20.1. The molecule has 1 aliphatic heterocycles. The number of nitrogens with two attached hydrogens (primary N) is 1. The van der Waals surface area contributed by atoms with Gasteiger partial charge in [-0.2, -0.15) is 11.8 Å². The summed E-state index contributed by atoms with van der Waals surface area (Å²) in [5.74, 6) is -0.820. The van der Waals surface area contributed by atoms with Crippen molar-refractivity contribution in [3.8, 4) is 0 Å². The van der Waals surface area contributed by atoms with Crippen molar-refractivity contribution in [1.82, 2.24) is 5.32 Å². The summed E-state index contributed by atoms with van der Waals surface area (Å²) in [5.41, 5.74) is 5.19. The van der Waals surface area contributed by atoms with E-state index < -0.39 is 18.0 Å². The van der Waals surface area contributed by atoms with Crippen molar-refractivity contribution in [2.24, 2.45) is 5.73 Å². The number of aliphatic carboxylic acids is 2. The minimum atomic E-state index is -0.913. The Labute approximate surface area is 122 Å². The molecule has 0 amide bonds. The molecule has 1 aliphatic rings. The van der Waals surface area contributed by atoms with Crippen LogP contribution in [-0.2, 0) is 26.7 Å². The molecule has 0 saturated carbocycles. The number of carboxylic acids is 2. The SMILES string of the molecule is CSCC[C@@H](N)C(=O)O.O=C(O)[C@H]1CCCN1.[CuH+]. The Morgan fingerprint density at radius 1 is 1.50 bits per heavy atom. The van der Waals surface area contributed by atoms with Crippen LogP contribution in [0.25, 0.3) is 0 Å². The predicted molar refractivity (Wildman–Crippen MR) is 68.7 cm³/mol. The summed E-state index contributed by atoms with van der Waals surface area (Å²) in [5, 5.41) is 19.5. The molecule has 2 atom stereocenters. The van der Waals surface area contributed by atoms with E-state index in [4.69, 9.17) is 15.9 Å². The molecule has 1 fully saturated rings. The molecule has 0 unspecified atom stereocenters. The van der Waals surface area contributed by atoms with Crippen LogP contribution in [0.2, 0.25) is 0 Å². The number of carbonyl (C=O) groups is 2. The summed E-state index contributed by atoms with van der Waals surface area (Å²) in [6, 6.07) is -0.951. The summed E-state index contributed by atoms with van der Waals surface area (Å²) in [4.78, 5) is 20.2. The van der Waals surface area contributed by atoms with Crippen LogP contribution in [0, 0.1) is 0 Å². The Morgan fingerprint density at radius 2 is 2.11 bits per heavy atom. The number of hydrogen-bond donors (Lipinski definition) is 4. The molecule has 8 heteroatoms. The van der Waals surface area contributed by atoms with Gasteiger partial charge in [0.05, 0.1) is 0 Å². The van der Waals surface area contributed by atoms with Crippen molar-refractivity contribution in [2.45, 2.75) is 31.3 Å². The molecule has 1 heterocycles. The van der Waals surface area contributed by atoms with E-state index in [2.05, 4.69) is 5.32 Å². The summed E-state index contributed by atoms with van der Waals surface area (Å²) in [7, 11) is 0. The van der Waals surface area contributed by atoms with Gasteiger partial charge >= 0.3 is 29.0 Å². The second kappa shape index (κ2) is 11.8. The molecule has 0 aliphatic carbocycles. The number of rotatable bonds is 5. The van der Waals surface area contributed by atoms with Crippen LogP contribution in [0.15, 0.2) is 0 Å². The third kappa shape index (κ3) is 9.73. The van der Waals surface area contributed by atoms with Gasteiger partial charge in [-0.25, -0.2) is 0 Å². The van der Waals surface area contributed by atoms with Gasteiger partial charge in [0.15, 0.2) is 0 Å². The average molecular weight is 329 g/mol. The molecule has 1 saturated heterocycles. The number of hydrogen-bond acceptors (Lipinski definition) is 5. The molecule has 0 radical (unpaired) electrons. The fourth-order valence-electron chi connectivity index (χ4n) is 1.26. The Bertz CT molecular complexity index is 250. The van der Waals surface area contributed by atoms with Crippen LogP contribution in [0.5, 0.6) is 0 Å². The van der Waals surface area contributed by atoms with E-state index in [0.29, 0.717) is 6.42 Å². The molecule has 0 aromatic rings. The number of carboxylic acid groups (broad SMARTS) is 2. The summed E-state index contributed by atoms with van der Waals surface area (Å²) in [6.07, 6.45) is 4.26. The molecule has 0 aromatic heterocycles. The first-order valence-corrected chi connectivity index (χ1v) is 6.82. The molecule has 1 rings (SSSR count). The molecule has 18 heavy (non-hydrogen) atoms. The second-order valence-electron chi connectivity index (χ2n) is 3.71. The Balaban J connectivity index is 0. The van der Waals surface area contributed by atoms with Gasteiger partial charge in [0, 0.05) is 0 Å². The van der Waals surface area contributed by atoms with Gasteiger partial charge in [-0.05, 0) is 37.8 Å². The van der Waals surface area contributed by atoms with Gasteiger partial charge in [0.1, 0.15) is 12.1 Å². The predicted octanol–water partition coefficient (Wildman–Crippen LogP) is -0.296. The molecule has 5 N–H and O–H groups in total. The van der Waals surface area contributed by atoms with Crippen LogP contribution >= 0.6 is 11.8 Å². The van der Waals surface area contributed by atoms with Gasteiger partial charge < -0.3 is 21.3 Å². The van der Waals surface area contributed by atoms with E-state index >= 15 is 0 Å². The zero-order valence-electron chi connectivity index (χ0n) is 10.2. The molecule has 0 spiro atoms. The van der Waals surface area contributed by atoms with E-state index in [1.807, 2.05) is 6.26 Å². The number of thioether (sulfide) groups is 1. The van der Waals surface area contributed by atoms with Gasteiger partial charge in [0.2, 0.25) is 0 Å². The van der Waals surface area contributed by atoms with Crippen LogP contribution < -0.4 is 11.1 Å². The van der Waals surface area contributed by atoms with Crippen molar-refractivity contribution in [2.75, 3.05) is 18.6 Å². The van der Waals surface area contributed by atoms with Crippen LogP contribution in [0.1, 0.15) is 19.3 Å². The van der Waals surface area contributed by atoms with Crippen LogP contribution in [0.4, 0.5) is 0 Å². The van der Waals surface area contributed by atoms with E-state index in [-0.39, 0.29) is 23.1 Å². The fourth-order valence-corrected chi connectivity index (χ4v) is 1.75. The average Bonchev–Trinajstić information content (AvgIpc) is 2.80. The second-order valence-corrected chi connectivity index (χ2v) is 4.70. The maximum atomic E-state index is 10.1. The van der Waals surface area contributed by atoms with E-state index in [0.717, 1.165) is 25.1 Å². The Kier molecular flexibility index (Phi) is 13.1. The summed E-state index contributed by atoms with van der Waals surface area (Å²) in [6.45, 7) is 0.858. The quantitative estimate of drug-likeness (QED) is 0.513. The standard InChI is InChI=1S/C5H11NO2S.C5H9NO2.Cu.H/c1-9-3-2-4(6)5(7)8;7-5(8)4-2-1-3-6-4;;/h4H,2-3,6H2,1H3,(H,7,8);4,6H,1-3H2,(H,7,8);;/q;;+1;/t2*4-;;/m11../s1. The van der Waals surface area contributed by atoms with Crippen molar-refractivity contribution < 1.29 is 36.9 Å². The normalized spacial score (nSPS) is 19.1. The topological polar surface area (TPSA) is 113 Å². The van der Waals surface area contributed by atoms with Crippen molar-refractivity contribution in [3.63, 3.8) is 0 Å². The summed E-state index contributed by atoms with van der Waals surface area (Å²) < 4.78 is 0. The van der Waals surface area contributed by atoms with E-state index in [1.165, 1.54) is 0 Å². The zero-order chi connectivity index (χ0) is 13.3. The molecular weight excluding hydrogens is 308 g/mol. The van der Waals surface area contributed by atoms with Crippen molar-refractivity contribution in [1.29, 1.82) is 0 Å². The van der Waals surface area contributed by atoms with Crippen molar-refractivity contribution >= 4 is 23.7 Å². The van der Waals surface area contributed by atoms with Gasteiger partial charge in [-0.1, -0.05) is 0 Å². The third-order valence-corrected chi connectivity index (χ3v) is 2.95. The minimum absolute atomic E-state index is 0. The van der Waals surface area contributed by atoms with Gasteiger partial charge in [0.25, 0.3) is 0 Å². The molecular formula is C10H21CuN2O4S+. The molecule has 111 valence electrons. The van der Waals surface area contributed by atoms with Crippen LogP contribution in [0.3, 0.4) is 0 Å². The zero-order valence-corrected chi connectivity index (χ0v) is 12.0. The van der Waals surface area contributed by atoms with Crippen molar-refractivity contribution in [3.05, 3.63) is 0 Å². The first-order valence-electron chi connectivity index (χ1n) is 5.42. The van der Waals surface area contributed by atoms with Gasteiger partial charge in [-0.3, -0.25) is 9.59 Å². The molecule has 0 bridgehead atoms. The Morgan fingerprint density at radius 3 is 2.39 bits per heavy atom. The summed E-state index contributed by atoms with van der Waals surface area (Å²) >= 11 is 1.60. The molecule has 0 aromatic carbocycles. The first-order chi connectivity index (χ1) is 7.99. The fraction of sp³-hybridized carbons (Fsp3) is 0.800. The molecule has 6 nitrogen and oxygen atoms in total.